The van der Waals surface area contributed by atoms with Gasteiger partial charge >= 0.3 is 0 Å². The molecule has 0 saturated heterocycles. The van der Waals surface area contributed by atoms with Gasteiger partial charge in [-0.2, -0.15) is 5.26 Å². The van der Waals surface area contributed by atoms with E-state index in [2.05, 4.69) is 183 Å². The fraction of sp³-hybridized carbons (Fsp3) is 0. The van der Waals surface area contributed by atoms with Gasteiger partial charge in [0.15, 0.2) is 46.5 Å². The predicted octanol–water partition coefficient (Wildman–Crippen LogP) is 21.1. The van der Waals surface area contributed by atoms with E-state index in [4.69, 9.17) is 46.4 Å². The van der Waals surface area contributed by atoms with Gasteiger partial charge < -0.3 is 14.4 Å². The molecule has 2 aliphatic heterocycles. The molecule has 0 aliphatic carbocycles. The van der Waals surface area contributed by atoms with Crippen molar-refractivity contribution in [3.8, 4) is 125 Å². The summed E-state index contributed by atoms with van der Waals surface area (Å²) in [7, 11) is 0. The molecule has 0 N–H and O–H groups in total. The summed E-state index contributed by atoms with van der Waals surface area (Å²) < 4.78 is 2.32. The highest BCUT2D eigenvalue weighted by molar-refractivity contribution is 7.00. The average Bonchev–Trinajstić information content (AvgIpc) is 0.943. The molecule has 0 amide bonds. The first-order valence-corrected chi connectivity index (χ1v) is 36.3. The van der Waals surface area contributed by atoms with E-state index in [0.29, 0.717) is 57.6 Å². The van der Waals surface area contributed by atoms with Crippen molar-refractivity contribution >= 4 is 84.7 Å². The van der Waals surface area contributed by atoms with Crippen LogP contribution in [0.3, 0.4) is 0 Å². The minimum atomic E-state index is -0.263. The van der Waals surface area contributed by atoms with Crippen LogP contribution in [0.4, 0.5) is 39.8 Å². The molecule has 0 saturated carbocycles. The molecule has 0 radical (unpaired) electrons. The highest BCUT2D eigenvalue weighted by Crippen LogP contribution is 2.49. The fourth-order valence-corrected chi connectivity index (χ4v) is 15.6. The van der Waals surface area contributed by atoms with E-state index in [1.165, 1.54) is 0 Å². The lowest BCUT2D eigenvalue weighted by molar-refractivity contribution is 1.06. The highest BCUT2D eigenvalue weighted by Gasteiger charge is 2.44. The zero-order valence-electron chi connectivity index (χ0n) is 58.9. The zero-order chi connectivity index (χ0) is 73.2. The van der Waals surface area contributed by atoms with Gasteiger partial charge in [0.1, 0.15) is 0 Å². The second-order valence-electron chi connectivity index (χ2n) is 27.2. The van der Waals surface area contributed by atoms with Crippen LogP contribution in [-0.2, 0) is 0 Å². The SMILES string of the molecule is [C-]#[N+]c1ccc2c(c1)N(c1ccccc1)c1cc(-c3ccc4c(c3)c3ccc(-c5nc(-c6ccccc6)nc(-c6ccccc6)n5)cc3n4-c3ccc(-c4nc(-c5ccccc5)cc(-c5ccccc5)n4)cc3-c3nc(-c4ccccc4)nc(-c4ccccc4)n3)cc3c1B2c1ccc(C#N)cc1N3c1ccccc1. The summed E-state index contributed by atoms with van der Waals surface area (Å²) in [5, 5.41) is 12.6. The summed E-state index contributed by atoms with van der Waals surface area (Å²) in [6.45, 7) is 8.10. The maximum atomic E-state index is 10.7. The van der Waals surface area contributed by atoms with E-state index in [0.717, 1.165) is 145 Å². The molecule has 0 unspecified atom stereocenters. The Morgan fingerprint density at radius 3 is 1.20 bits per heavy atom. The summed E-state index contributed by atoms with van der Waals surface area (Å²) >= 11 is 0. The topological polar surface area (TPSA) is 143 Å². The standard InChI is InChI=1S/C96H58BN13/c1-99-72-46-49-79-86(58-72)109(74-40-24-9-25-41-74)88-57-71(56-87-89(88)97(79)78-48-42-61(60-98)52-85(78)108(87)73-38-22-8-23-39-73)68-44-50-82-76(53-68)75-47-43-70(95-104-90(64-30-14-4-15-31-64)102-91(105-95)65-32-16-5-17-33-65)55-84(75)110(82)83-51-45-69(94-100-80(62-26-10-2-11-27-62)59-81(101-94)63-28-12-3-13-29-63)54-77(83)96-106-92(66-34-18-6-19-35-66)103-93(107-96)67-36-20-7-21-37-67/h2-59H. The van der Waals surface area contributed by atoms with Gasteiger partial charge in [0, 0.05) is 95.0 Å². The Bertz CT molecular complexity index is 6430. The summed E-state index contributed by atoms with van der Waals surface area (Å²) in [5.41, 5.74) is 23.4. The lowest BCUT2D eigenvalue weighted by Crippen LogP contribution is -2.61. The first-order chi connectivity index (χ1) is 54.4. The molecular formula is C96H58BN13. The first-order valence-electron chi connectivity index (χ1n) is 36.3. The third-order valence-electron chi connectivity index (χ3n) is 20.7. The summed E-state index contributed by atoms with van der Waals surface area (Å²) in [6.07, 6.45) is 0. The van der Waals surface area contributed by atoms with Crippen LogP contribution in [0.1, 0.15) is 5.56 Å². The van der Waals surface area contributed by atoms with E-state index in [1.807, 2.05) is 194 Å². The number of anilines is 6. The van der Waals surface area contributed by atoms with Gasteiger partial charge in [-0.25, -0.2) is 44.7 Å². The second-order valence-corrected chi connectivity index (χ2v) is 27.2. The third-order valence-corrected chi connectivity index (χ3v) is 20.7. The molecule has 0 spiro atoms. The van der Waals surface area contributed by atoms with Gasteiger partial charge in [0.2, 0.25) is 0 Å². The van der Waals surface area contributed by atoms with Crippen LogP contribution < -0.4 is 26.2 Å². The number of hydrogen-bond donors (Lipinski definition) is 0. The number of benzene rings is 14. The number of rotatable bonds is 13. The van der Waals surface area contributed by atoms with Crippen molar-refractivity contribution in [3.05, 3.63) is 369 Å². The Balaban J connectivity index is 0.873. The molecule has 13 nitrogen and oxygen atoms in total. The number of nitrogens with zero attached hydrogens (tertiary/aromatic N) is 13. The molecule has 20 rings (SSSR count). The monoisotopic (exact) mass is 1400 g/mol. The van der Waals surface area contributed by atoms with Gasteiger partial charge in [0.25, 0.3) is 6.71 Å². The van der Waals surface area contributed by atoms with Gasteiger partial charge in [-0.1, -0.05) is 255 Å². The average molecular weight is 1400 g/mol. The normalized spacial score (nSPS) is 11.9. The number of nitriles is 1. The van der Waals surface area contributed by atoms with Crippen molar-refractivity contribution in [2.75, 3.05) is 9.80 Å². The van der Waals surface area contributed by atoms with Crippen LogP contribution in [-0.4, -0.2) is 51.2 Å². The third kappa shape index (κ3) is 11.4. The number of fused-ring (bicyclic) bond motifs is 7. The van der Waals surface area contributed by atoms with Crippen molar-refractivity contribution < 1.29 is 0 Å². The maximum absolute atomic E-state index is 10.7. The molecule has 0 atom stereocenters. The van der Waals surface area contributed by atoms with Crippen LogP contribution in [0.25, 0.3) is 146 Å². The van der Waals surface area contributed by atoms with Crippen molar-refractivity contribution in [3.63, 3.8) is 0 Å². The molecule has 4 aromatic heterocycles. The zero-order valence-corrected chi connectivity index (χ0v) is 58.9. The number of aromatic nitrogens is 9. The van der Waals surface area contributed by atoms with Gasteiger partial charge in [-0.05, 0) is 125 Å². The van der Waals surface area contributed by atoms with Crippen molar-refractivity contribution in [2.45, 2.75) is 0 Å². The molecule has 6 heterocycles. The Kier molecular flexibility index (Phi) is 15.7. The lowest BCUT2D eigenvalue weighted by Gasteiger charge is -2.44. The molecule has 0 fully saturated rings. The summed E-state index contributed by atoms with van der Waals surface area (Å²) in [4.78, 5) is 51.5. The molecule has 14 heteroatoms. The highest BCUT2D eigenvalue weighted by atomic mass is 15.2. The van der Waals surface area contributed by atoms with Gasteiger partial charge in [-0.15, -0.1) is 0 Å². The van der Waals surface area contributed by atoms with Crippen LogP contribution >= 0.6 is 0 Å². The van der Waals surface area contributed by atoms with E-state index in [-0.39, 0.29) is 6.71 Å². The Morgan fingerprint density at radius 1 is 0.291 bits per heavy atom. The van der Waals surface area contributed by atoms with Crippen LogP contribution in [0.2, 0.25) is 0 Å². The largest absolute Gasteiger partial charge is 0.313 e. The van der Waals surface area contributed by atoms with Gasteiger partial charge in [-0.3, -0.25) is 0 Å². The molecule has 510 valence electrons. The Hall–Kier alpha value is -15.4. The van der Waals surface area contributed by atoms with E-state index in [1.54, 1.807) is 0 Å². The van der Waals surface area contributed by atoms with Crippen LogP contribution in [0.15, 0.2) is 352 Å². The predicted molar refractivity (Wildman–Crippen MR) is 443 cm³/mol. The van der Waals surface area contributed by atoms with E-state index < -0.39 is 0 Å². The molecule has 0 bridgehead atoms. The van der Waals surface area contributed by atoms with Crippen LogP contribution in [0.5, 0.6) is 0 Å². The molecule has 2 aliphatic rings. The minimum Gasteiger partial charge on any atom is -0.313 e. The Morgan fingerprint density at radius 2 is 0.709 bits per heavy atom. The van der Waals surface area contributed by atoms with Crippen molar-refractivity contribution in [1.82, 2.24) is 44.4 Å². The minimum absolute atomic E-state index is 0.263. The fourth-order valence-electron chi connectivity index (χ4n) is 15.6. The first kappa shape index (κ1) is 64.2. The van der Waals surface area contributed by atoms with E-state index in [9.17, 15) is 5.26 Å². The summed E-state index contributed by atoms with van der Waals surface area (Å²) in [5.74, 6) is 3.53. The smallest absolute Gasteiger partial charge is 0.251 e. The Labute approximate surface area is 634 Å². The van der Waals surface area contributed by atoms with Crippen molar-refractivity contribution in [1.29, 1.82) is 5.26 Å². The molecule has 18 aromatic rings. The molecule has 110 heavy (non-hydrogen) atoms. The summed E-state index contributed by atoms with van der Waals surface area (Å²) in [6, 6.07) is 122. The van der Waals surface area contributed by atoms with Crippen LogP contribution in [0, 0.1) is 17.9 Å². The number of hydrogen-bond acceptors (Lipinski definition) is 11. The van der Waals surface area contributed by atoms with E-state index >= 15 is 0 Å². The lowest BCUT2D eigenvalue weighted by atomic mass is 9.33. The quantitative estimate of drug-likeness (QED) is 0.0804. The maximum Gasteiger partial charge on any atom is 0.251 e. The molecule has 14 aromatic carbocycles. The van der Waals surface area contributed by atoms with Crippen molar-refractivity contribution in [2.24, 2.45) is 0 Å². The van der Waals surface area contributed by atoms with Gasteiger partial charge in [0.05, 0.1) is 46.3 Å². The number of para-hydroxylation sites is 2. The molecular weight excluding hydrogens is 1350 g/mol. The second kappa shape index (κ2) is 27.0.